The summed E-state index contributed by atoms with van der Waals surface area (Å²) in [7, 11) is -3.67. The molecule has 0 aromatic heterocycles. The van der Waals surface area contributed by atoms with Crippen molar-refractivity contribution in [2.75, 3.05) is 32.4 Å². The van der Waals surface area contributed by atoms with Gasteiger partial charge in [-0.2, -0.15) is 18.9 Å². The van der Waals surface area contributed by atoms with Crippen molar-refractivity contribution in [1.82, 2.24) is 15.1 Å². The Morgan fingerprint density at radius 1 is 0.582 bits per heavy atom. The molecule has 55 heavy (non-hydrogen) atoms. The van der Waals surface area contributed by atoms with Gasteiger partial charge in [0.1, 0.15) is 0 Å². The van der Waals surface area contributed by atoms with Crippen LogP contribution >= 0.6 is 0 Å². The van der Waals surface area contributed by atoms with Crippen molar-refractivity contribution in [3.8, 4) is 12.1 Å². The van der Waals surface area contributed by atoms with Gasteiger partial charge in [0.05, 0.1) is 29.5 Å². The van der Waals surface area contributed by atoms with Crippen LogP contribution in [0.4, 0.5) is 0 Å². The molecule has 2 aliphatic heterocycles. The van der Waals surface area contributed by atoms with Gasteiger partial charge in [-0.05, 0) is 113 Å². The molecule has 0 fully saturated rings. The summed E-state index contributed by atoms with van der Waals surface area (Å²) in [5, 5.41) is 28.3. The third-order valence-corrected chi connectivity index (χ3v) is 9.84. The van der Waals surface area contributed by atoms with Crippen LogP contribution in [0, 0.1) is 22.7 Å². The maximum Gasteiger partial charge on any atom is 0.261 e. The second-order valence-corrected chi connectivity index (χ2v) is 14.9. The van der Waals surface area contributed by atoms with Crippen molar-refractivity contribution in [2.24, 2.45) is 0 Å². The highest BCUT2D eigenvalue weighted by atomic mass is 32.2. The first-order valence-corrected chi connectivity index (χ1v) is 19.4. The highest BCUT2D eigenvalue weighted by Crippen LogP contribution is 2.37. The molecule has 2 N–H and O–H groups in total. The summed E-state index contributed by atoms with van der Waals surface area (Å²) in [5.41, 5.74) is 2.99. The number of hydrogen-bond donors (Lipinski definition) is 2. The zero-order valence-electron chi connectivity index (χ0n) is 29.6. The number of fused-ring (bicyclic) bond motifs is 4. The van der Waals surface area contributed by atoms with Crippen LogP contribution in [0.25, 0.3) is 43.1 Å². The number of unbranched alkanes of at least 4 members (excludes halogenated alkanes) is 1. The first-order valence-electron chi connectivity index (χ1n) is 17.5. The van der Waals surface area contributed by atoms with Crippen LogP contribution in [-0.4, -0.2) is 78.8 Å². The predicted octanol–water partition coefficient (Wildman–Crippen LogP) is 6.20. The second-order valence-electron chi connectivity index (χ2n) is 13.5. The Hall–Kier alpha value is -6.51. The average molecular weight is 752 g/mol. The summed E-state index contributed by atoms with van der Waals surface area (Å²) in [6, 6.07) is 29.5. The molecular weight excluding hydrogens is 719 g/mol. The molecule has 2 heterocycles. The number of nitriles is 2. The van der Waals surface area contributed by atoms with Crippen LogP contribution in [0.2, 0.25) is 0 Å². The van der Waals surface area contributed by atoms with E-state index in [1.807, 2.05) is 48.5 Å². The molecule has 0 radical (unpaired) electrons. The average Bonchev–Trinajstić information content (AvgIpc) is 3.17. The summed E-state index contributed by atoms with van der Waals surface area (Å²) >= 11 is 0. The van der Waals surface area contributed by atoms with Crippen molar-refractivity contribution < 1.29 is 32.1 Å². The summed E-state index contributed by atoms with van der Waals surface area (Å²) in [5.74, 6) is -1.27. The number of carbonyl (C=O) groups excluding carboxylic acids is 4. The molecule has 6 aromatic rings. The Kier molecular flexibility index (Phi) is 9.86. The maximum absolute atomic E-state index is 13.6. The minimum absolute atomic E-state index is 0.264. The van der Waals surface area contributed by atoms with Crippen molar-refractivity contribution in [1.29, 1.82) is 10.5 Å². The van der Waals surface area contributed by atoms with Gasteiger partial charge < -0.3 is 5.32 Å². The Balaban J connectivity index is 0.000000875. The van der Waals surface area contributed by atoms with Crippen LogP contribution in [0.15, 0.2) is 84.9 Å². The maximum atomic E-state index is 13.6. The smallest absolute Gasteiger partial charge is 0.261 e. The van der Waals surface area contributed by atoms with E-state index in [1.54, 1.807) is 36.4 Å². The molecule has 6 aromatic carbocycles. The van der Waals surface area contributed by atoms with E-state index >= 15 is 0 Å². The lowest BCUT2D eigenvalue weighted by Crippen LogP contribution is -2.41. The van der Waals surface area contributed by atoms with Gasteiger partial charge in [0.15, 0.2) is 0 Å². The van der Waals surface area contributed by atoms with E-state index in [0.717, 1.165) is 38.7 Å². The molecule has 8 rings (SSSR count). The number of nitrogens with one attached hydrogen (secondary N) is 1. The molecule has 2 aliphatic rings. The molecule has 0 bridgehead atoms. The van der Waals surface area contributed by atoms with Crippen LogP contribution in [0.1, 0.15) is 71.8 Å². The molecule has 0 spiro atoms. The van der Waals surface area contributed by atoms with E-state index in [9.17, 15) is 38.1 Å². The molecule has 13 heteroatoms. The van der Waals surface area contributed by atoms with Crippen molar-refractivity contribution in [3.05, 3.63) is 118 Å². The molecule has 4 amide bonds. The van der Waals surface area contributed by atoms with Crippen LogP contribution < -0.4 is 5.32 Å². The van der Waals surface area contributed by atoms with Crippen molar-refractivity contribution >= 4 is 76.8 Å². The van der Waals surface area contributed by atoms with Crippen molar-refractivity contribution in [2.45, 2.75) is 19.3 Å². The first kappa shape index (κ1) is 36.8. The molecule has 0 atom stereocenters. The van der Waals surface area contributed by atoms with Gasteiger partial charge in [0.2, 0.25) is 0 Å². The Morgan fingerprint density at radius 2 is 1.00 bits per heavy atom. The fourth-order valence-corrected chi connectivity index (χ4v) is 7.43. The van der Waals surface area contributed by atoms with Gasteiger partial charge in [-0.25, -0.2) is 0 Å². The number of hydrogen-bond acceptors (Lipinski definition) is 9. The van der Waals surface area contributed by atoms with Crippen LogP contribution in [0.3, 0.4) is 0 Å². The number of rotatable bonds is 9. The lowest BCUT2D eigenvalue weighted by atomic mass is 9.89. The number of carbonyl (C=O) groups is 4. The quantitative estimate of drug-likeness (QED) is 0.0745. The largest absolute Gasteiger partial charge is 0.317 e. The zero-order valence-corrected chi connectivity index (χ0v) is 30.4. The lowest BCUT2D eigenvalue weighted by Gasteiger charge is -2.28. The number of nitrogens with zero attached hydrogens (tertiary/aromatic N) is 4. The van der Waals surface area contributed by atoms with E-state index in [2.05, 4.69) is 17.5 Å². The van der Waals surface area contributed by atoms with Crippen molar-refractivity contribution in [3.63, 3.8) is 0 Å². The fourth-order valence-electron chi connectivity index (χ4n) is 7.43. The number of benzene rings is 6. The van der Waals surface area contributed by atoms with Gasteiger partial charge in [-0.3, -0.25) is 33.5 Å². The summed E-state index contributed by atoms with van der Waals surface area (Å²) in [6.07, 6.45) is 2.62. The van der Waals surface area contributed by atoms with E-state index in [4.69, 9.17) is 4.55 Å². The van der Waals surface area contributed by atoms with E-state index in [1.165, 1.54) is 9.80 Å². The fraction of sp³-hybridized carbons (Fsp3) is 0.190. The number of amides is 4. The lowest BCUT2D eigenvalue weighted by molar-refractivity contribution is 0.0591. The Bertz CT molecular complexity index is 2650. The molecule has 12 nitrogen and oxygen atoms in total. The number of imide groups is 2. The standard InChI is InChI=1S/C41H29N5O4.CH4O3S/c42-22-24-10-12-26-20-34-36-28(32(26)18-24)6-3-8-30(36)38(47)45(40(34)49)16-2-1-14-44-15-5-17-46-39(48)31-9-4-7-29-33-19-25(23-43)11-13-27(33)21-35(37(29)31)41(46)50;1-5(2,3)4/h3-4,6-13,18-21,44H,1-2,5,14-17H2;1H3,(H,2,3,4). The topological polar surface area (TPSA) is 189 Å². The van der Waals surface area contributed by atoms with Crippen LogP contribution in [-0.2, 0) is 10.1 Å². The van der Waals surface area contributed by atoms with E-state index < -0.39 is 10.1 Å². The summed E-state index contributed by atoms with van der Waals surface area (Å²) in [4.78, 5) is 56.7. The molecule has 274 valence electrons. The first-order chi connectivity index (χ1) is 26.4. The predicted molar refractivity (Wildman–Crippen MR) is 207 cm³/mol. The molecule has 0 unspecified atom stereocenters. The molecule has 0 saturated carbocycles. The minimum atomic E-state index is -3.67. The van der Waals surface area contributed by atoms with Gasteiger partial charge >= 0.3 is 0 Å². The monoisotopic (exact) mass is 751 g/mol. The highest BCUT2D eigenvalue weighted by Gasteiger charge is 2.34. The second kappa shape index (κ2) is 14.7. The Labute approximate surface area is 315 Å². The zero-order chi connectivity index (χ0) is 39.0. The summed E-state index contributed by atoms with van der Waals surface area (Å²) < 4.78 is 25.9. The van der Waals surface area contributed by atoms with Gasteiger partial charge in [0, 0.05) is 46.1 Å². The van der Waals surface area contributed by atoms with E-state index in [-0.39, 0.29) is 36.7 Å². The minimum Gasteiger partial charge on any atom is -0.317 e. The highest BCUT2D eigenvalue weighted by molar-refractivity contribution is 7.85. The van der Waals surface area contributed by atoms with Crippen LogP contribution in [0.5, 0.6) is 0 Å². The Morgan fingerprint density at radius 3 is 1.45 bits per heavy atom. The molecule has 0 aliphatic carbocycles. The van der Waals surface area contributed by atoms with Gasteiger partial charge in [-0.1, -0.05) is 36.4 Å². The van der Waals surface area contributed by atoms with Gasteiger partial charge in [-0.15, -0.1) is 0 Å². The normalized spacial score (nSPS) is 13.7. The molecule has 0 saturated heterocycles. The summed E-state index contributed by atoms with van der Waals surface area (Å²) in [6.45, 7) is 1.78. The van der Waals surface area contributed by atoms with E-state index in [0.29, 0.717) is 76.3 Å². The van der Waals surface area contributed by atoms with Gasteiger partial charge in [0.25, 0.3) is 33.7 Å². The molecular formula is C42H33N5O7S. The third kappa shape index (κ3) is 7.00. The SMILES string of the molecule is CS(=O)(=O)O.N#Cc1ccc2cc3c4c(cccc4c2c1)C(=O)N(CCCCNCCCN1C(=O)c2cccc4c2c(cc2ccc(C#N)cc24)C1=O)C3=O. The third-order valence-electron chi connectivity index (χ3n) is 9.84.